The first-order valence-electron chi connectivity index (χ1n) is 7.26. The van der Waals surface area contributed by atoms with Crippen LogP contribution >= 0.6 is 11.6 Å². The third-order valence-corrected chi connectivity index (χ3v) is 4.47. The maximum Gasteiger partial charge on any atom is 0.127 e. The molecule has 0 amide bonds. The van der Waals surface area contributed by atoms with Crippen molar-refractivity contribution < 1.29 is 4.74 Å². The van der Waals surface area contributed by atoms with Gasteiger partial charge in [-0.3, -0.25) is 0 Å². The minimum absolute atomic E-state index is 0.0779. The molecule has 4 heteroatoms. The van der Waals surface area contributed by atoms with Crippen LogP contribution in [0.3, 0.4) is 0 Å². The predicted octanol–water partition coefficient (Wildman–Crippen LogP) is 4.15. The summed E-state index contributed by atoms with van der Waals surface area (Å²) < 4.78 is 7.80. The molecule has 1 aliphatic heterocycles. The predicted molar refractivity (Wildman–Crippen MR) is 82.2 cm³/mol. The van der Waals surface area contributed by atoms with E-state index in [0.29, 0.717) is 0 Å². The minimum atomic E-state index is -0.0779. The molecule has 0 N–H and O–H groups in total. The number of halogens is 1. The smallest absolute Gasteiger partial charge is 0.127 e. The van der Waals surface area contributed by atoms with E-state index >= 15 is 0 Å². The Kier molecular flexibility index (Phi) is 3.74. The summed E-state index contributed by atoms with van der Waals surface area (Å²) in [6.45, 7) is 7.01. The molecule has 1 aromatic carbocycles. The average molecular weight is 293 g/mol. The van der Waals surface area contributed by atoms with Crippen molar-refractivity contribution in [1.29, 1.82) is 0 Å². The lowest BCUT2D eigenvalue weighted by molar-refractivity contribution is 0.0157. The standard InChI is InChI=1S/C16H21ClN2O/c1-12(17)15-18-13-5-3-4-6-14(13)19(15)11-16(2)7-9-20-10-8-16/h3-6,12H,7-11H2,1-2H3. The van der Waals surface area contributed by atoms with Crippen molar-refractivity contribution in [1.82, 2.24) is 9.55 Å². The van der Waals surface area contributed by atoms with Gasteiger partial charge in [-0.25, -0.2) is 4.98 Å². The summed E-state index contributed by atoms with van der Waals surface area (Å²) in [7, 11) is 0. The number of hydrogen-bond donors (Lipinski definition) is 0. The van der Waals surface area contributed by atoms with Crippen LogP contribution in [0.4, 0.5) is 0 Å². The van der Waals surface area contributed by atoms with Crippen molar-refractivity contribution in [3.63, 3.8) is 0 Å². The molecule has 3 rings (SSSR count). The lowest BCUT2D eigenvalue weighted by Gasteiger charge is -2.34. The van der Waals surface area contributed by atoms with Gasteiger partial charge in [0, 0.05) is 19.8 Å². The van der Waals surface area contributed by atoms with E-state index in [2.05, 4.69) is 29.7 Å². The molecule has 1 atom stereocenters. The summed E-state index contributed by atoms with van der Waals surface area (Å²) in [4.78, 5) is 4.71. The average Bonchev–Trinajstić information content (AvgIpc) is 2.78. The highest BCUT2D eigenvalue weighted by Crippen LogP contribution is 2.35. The number of alkyl halides is 1. The van der Waals surface area contributed by atoms with Crippen molar-refractivity contribution >= 4 is 22.6 Å². The summed E-state index contributed by atoms with van der Waals surface area (Å²) >= 11 is 6.33. The normalized spacial score (nSPS) is 20.1. The minimum Gasteiger partial charge on any atom is -0.381 e. The molecule has 0 saturated carbocycles. The fourth-order valence-corrected chi connectivity index (χ4v) is 3.13. The molecule has 1 aromatic heterocycles. The summed E-state index contributed by atoms with van der Waals surface area (Å²) in [5.74, 6) is 0.973. The number of para-hydroxylation sites is 2. The Morgan fingerprint density at radius 1 is 1.35 bits per heavy atom. The molecule has 2 heterocycles. The molecule has 0 bridgehead atoms. The van der Waals surface area contributed by atoms with Crippen molar-refractivity contribution in [3.05, 3.63) is 30.1 Å². The van der Waals surface area contributed by atoms with Gasteiger partial charge >= 0.3 is 0 Å². The van der Waals surface area contributed by atoms with E-state index in [0.717, 1.165) is 43.9 Å². The Hall–Kier alpha value is -1.06. The van der Waals surface area contributed by atoms with E-state index < -0.39 is 0 Å². The fraction of sp³-hybridized carbons (Fsp3) is 0.562. The summed E-state index contributed by atoms with van der Waals surface area (Å²) in [5.41, 5.74) is 2.48. The van der Waals surface area contributed by atoms with Crippen molar-refractivity contribution in [3.8, 4) is 0 Å². The number of imidazole rings is 1. The van der Waals surface area contributed by atoms with Crippen LogP contribution < -0.4 is 0 Å². The van der Waals surface area contributed by atoms with Gasteiger partial charge in [0.25, 0.3) is 0 Å². The highest BCUT2D eigenvalue weighted by atomic mass is 35.5. The Labute approximate surface area is 124 Å². The summed E-state index contributed by atoms with van der Waals surface area (Å²) in [6, 6.07) is 8.28. The molecular weight excluding hydrogens is 272 g/mol. The fourth-order valence-electron chi connectivity index (χ4n) is 2.97. The van der Waals surface area contributed by atoms with Crippen LogP contribution in [0.25, 0.3) is 11.0 Å². The second kappa shape index (κ2) is 5.38. The maximum atomic E-state index is 6.33. The first kappa shape index (κ1) is 13.9. The zero-order valence-corrected chi connectivity index (χ0v) is 12.9. The molecule has 1 aliphatic rings. The molecule has 3 nitrogen and oxygen atoms in total. The quantitative estimate of drug-likeness (QED) is 0.795. The molecule has 20 heavy (non-hydrogen) atoms. The summed E-state index contributed by atoms with van der Waals surface area (Å²) in [6.07, 6.45) is 2.19. The van der Waals surface area contributed by atoms with Crippen LogP contribution in [0.2, 0.25) is 0 Å². The third kappa shape index (κ3) is 2.57. The number of rotatable bonds is 3. The number of nitrogens with zero attached hydrogens (tertiary/aromatic N) is 2. The van der Waals surface area contributed by atoms with Crippen molar-refractivity contribution in [2.45, 2.75) is 38.6 Å². The number of fused-ring (bicyclic) bond motifs is 1. The van der Waals surface area contributed by atoms with Crippen LogP contribution in [-0.4, -0.2) is 22.8 Å². The van der Waals surface area contributed by atoms with Crippen molar-refractivity contribution in [2.75, 3.05) is 13.2 Å². The van der Waals surface area contributed by atoms with Gasteiger partial charge in [-0.2, -0.15) is 0 Å². The third-order valence-electron chi connectivity index (χ3n) is 4.28. The Bertz CT molecular complexity index is 600. The molecule has 2 aromatic rings. The Balaban J connectivity index is 2.02. The largest absolute Gasteiger partial charge is 0.381 e. The van der Waals surface area contributed by atoms with Gasteiger partial charge in [-0.05, 0) is 37.3 Å². The lowest BCUT2D eigenvalue weighted by Crippen LogP contribution is -2.31. The second-order valence-electron chi connectivity index (χ2n) is 6.08. The van der Waals surface area contributed by atoms with E-state index in [9.17, 15) is 0 Å². The van der Waals surface area contributed by atoms with Crippen molar-refractivity contribution in [2.24, 2.45) is 5.41 Å². The van der Waals surface area contributed by atoms with Gasteiger partial charge < -0.3 is 9.30 Å². The highest BCUT2D eigenvalue weighted by Gasteiger charge is 2.30. The number of ether oxygens (including phenoxy) is 1. The molecule has 108 valence electrons. The van der Waals surface area contributed by atoms with Gasteiger partial charge in [-0.15, -0.1) is 11.6 Å². The molecule has 0 spiro atoms. The van der Waals surface area contributed by atoms with E-state index in [4.69, 9.17) is 21.3 Å². The van der Waals surface area contributed by atoms with E-state index in [1.807, 2.05) is 13.0 Å². The van der Waals surface area contributed by atoms with Crippen LogP contribution in [-0.2, 0) is 11.3 Å². The maximum absolute atomic E-state index is 6.33. The Morgan fingerprint density at radius 3 is 2.75 bits per heavy atom. The van der Waals surface area contributed by atoms with Gasteiger partial charge in [0.05, 0.1) is 16.4 Å². The monoisotopic (exact) mass is 292 g/mol. The second-order valence-corrected chi connectivity index (χ2v) is 6.74. The van der Waals surface area contributed by atoms with Crippen LogP contribution in [0, 0.1) is 5.41 Å². The first-order valence-corrected chi connectivity index (χ1v) is 7.70. The zero-order chi connectivity index (χ0) is 14.2. The number of aromatic nitrogens is 2. The SMILES string of the molecule is CC(Cl)c1nc2ccccc2n1CC1(C)CCOCC1. The van der Waals surface area contributed by atoms with E-state index in [-0.39, 0.29) is 10.8 Å². The summed E-state index contributed by atoms with van der Waals surface area (Å²) in [5, 5.41) is -0.0779. The highest BCUT2D eigenvalue weighted by molar-refractivity contribution is 6.20. The molecule has 0 radical (unpaired) electrons. The van der Waals surface area contributed by atoms with Gasteiger partial charge in [0.15, 0.2) is 0 Å². The van der Waals surface area contributed by atoms with E-state index in [1.54, 1.807) is 0 Å². The molecule has 0 aliphatic carbocycles. The molecule has 1 fully saturated rings. The van der Waals surface area contributed by atoms with Gasteiger partial charge in [0.1, 0.15) is 5.82 Å². The van der Waals surface area contributed by atoms with Gasteiger partial charge in [0.2, 0.25) is 0 Å². The van der Waals surface area contributed by atoms with E-state index in [1.165, 1.54) is 5.52 Å². The lowest BCUT2D eigenvalue weighted by atomic mass is 9.82. The number of hydrogen-bond acceptors (Lipinski definition) is 2. The molecular formula is C16H21ClN2O. The van der Waals surface area contributed by atoms with Crippen LogP contribution in [0.15, 0.2) is 24.3 Å². The van der Waals surface area contributed by atoms with Crippen LogP contribution in [0.1, 0.15) is 37.9 Å². The van der Waals surface area contributed by atoms with Crippen LogP contribution in [0.5, 0.6) is 0 Å². The zero-order valence-electron chi connectivity index (χ0n) is 12.1. The van der Waals surface area contributed by atoms with Gasteiger partial charge in [-0.1, -0.05) is 19.1 Å². The topological polar surface area (TPSA) is 27.1 Å². The Morgan fingerprint density at radius 2 is 2.05 bits per heavy atom. The molecule has 1 unspecified atom stereocenters. The number of benzene rings is 1. The first-order chi connectivity index (χ1) is 9.59. The molecule has 1 saturated heterocycles.